The summed E-state index contributed by atoms with van der Waals surface area (Å²) in [5.74, 6) is 0.144. The lowest BCUT2D eigenvalue weighted by atomic mass is 10.1. The fourth-order valence-corrected chi connectivity index (χ4v) is 1.98. The van der Waals surface area contributed by atoms with Crippen LogP contribution < -0.4 is 5.32 Å². The van der Waals surface area contributed by atoms with E-state index in [0.29, 0.717) is 24.2 Å². The smallest absolute Gasteiger partial charge is 0.238 e. The van der Waals surface area contributed by atoms with Gasteiger partial charge in [-0.2, -0.15) is 0 Å². The van der Waals surface area contributed by atoms with E-state index in [9.17, 15) is 13.6 Å². The van der Waals surface area contributed by atoms with Crippen LogP contribution in [0.5, 0.6) is 0 Å². The third kappa shape index (κ3) is 4.13. The minimum Gasteiger partial charge on any atom is -0.384 e. The van der Waals surface area contributed by atoms with Crippen LogP contribution in [0, 0.1) is 5.92 Å². The van der Waals surface area contributed by atoms with Crippen molar-refractivity contribution in [2.75, 3.05) is 11.9 Å². The van der Waals surface area contributed by atoms with Crippen molar-refractivity contribution < 1.29 is 13.6 Å². The number of alkyl halides is 2. The molecule has 1 saturated carbocycles. The minimum atomic E-state index is -2.30. The first-order valence-corrected chi connectivity index (χ1v) is 6.67. The Morgan fingerprint density at radius 1 is 1.53 bits per heavy atom. The van der Waals surface area contributed by atoms with Crippen molar-refractivity contribution in [3.63, 3.8) is 0 Å². The number of Topliss-reactive ketones (excluding diaryl/α,β-unsaturated/α-hetero) is 1. The highest BCUT2D eigenvalue weighted by Crippen LogP contribution is 2.34. The number of nitrogens with one attached hydrogen (secondary N) is 1. The summed E-state index contributed by atoms with van der Waals surface area (Å²) in [6.07, 6.45) is 1.17. The largest absolute Gasteiger partial charge is 0.384 e. The van der Waals surface area contributed by atoms with Gasteiger partial charge in [0.25, 0.3) is 0 Å². The molecule has 0 aliphatic heterocycles. The summed E-state index contributed by atoms with van der Waals surface area (Å²) in [5, 5.41) is 3.28. The Labute approximate surface area is 115 Å². The van der Waals surface area contributed by atoms with E-state index in [2.05, 4.69) is 10.3 Å². The van der Waals surface area contributed by atoms with Gasteiger partial charge in [-0.1, -0.05) is 11.6 Å². The van der Waals surface area contributed by atoms with Crippen LogP contribution in [-0.4, -0.2) is 23.7 Å². The molecule has 0 atom stereocenters. The fraction of sp³-hybridized carbons (Fsp3) is 0.538. The molecule has 0 aromatic carbocycles. The summed E-state index contributed by atoms with van der Waals surface area (Å²) in [6.45, 7) is 0.385. The van der Waals surface area contributed by atoms with Crippen molar-refractivity contribution in [1.82, 2.24) is 4.98 Å². The SMILES string of the molecule is O=C(c1cnc(Cl)cc1NCCCC(F)F)C1CC1. The molecule has 6 heteroatoms. The standard InChI is InChI=1S/C13H15ClF2N2O/c14-11-6-10(17-5-1-2-12(15)16)9(7-18-11)13(19)8-3-4-8/h6-8,12H,1-5H2,(H,17,18). The van der Waals surface area contributed by atoms with E-state index in [4.69, 9.17) is 11.6 Å². The van der Waals surface area contributed by atoms with Crippen molar-refractivity contribution in [2.24, 2.45) is 5.92 Å². The fourth-order valence-electron chi connectivity index (χ4n) is 1.82. The van der Waals surface area contributed by atoms with Crippen LogP contribution in [0.15, 0.2) is 12.3 Å². The van der Waals surface area contributed by atoms with Gasteiger partial charge >= 0.3 is 0 Å². The number of aromatic nitrogens is 1. The van der Waals surface area contributed by atoms with Crippen LogP contribution in [0.4, 0.5) is 14.5 Å². The number of hydrogen-bond acceptors (Lipinski definition) is 3. The second-order valence-corrected chi connectivity index (χ2v) is 5.04. The van der Waals surface area contributed by atoms with Gasteiger partial charge in [0.05, 0.1) is 5.56 Å². The number of halogens is 3. The molecule has 0 bridgehead atoms. The lowest BCUT2D eigenvalue weighted by molar-refractivity contribution is 0.0968. The molecule has 19 heavy (non-hydrogen) atoms. The predicted octanol–water partition coefficient (Wildman–Crippen LogP) is 3.78. The molecule has 0 amide bonds. The Morgan fingerprint density at radius 2 is 2.26 bits per heavy atom. The van der Waals surface area contributed by atoms with Gasteiger partial charge in [-0.05, 0) is 25.3 Å². The normalized spacial score (nSPS) is 14.7. The van der Waals surface area contributed by atoms with Crippen LogP contribution in [-0.2, 0) is 0 Å². The van der Waals surface area contributed by atoms with E-state index in [0.717, 1.165) is 12.8 Å². The maximum absolute atomic E-state index is 12.0. The monoisotopic (exact) mass is 288 g/mol. The third-order valence-electron chi connectivity index (χ3n) is 3.00. The molecule has 0 saturated heterocycles. The van der Waals surface area contributed by atoms with Gasteiger partial charge in [-0.3, -0.25) is 4.79 Å². The minimum absolute atomic E-state index is 0.0560. The zero-order valence-corrected chi connectivity index (χ0v) is 11.1. The Morgan fingerprint density at radius 3 is 2.89 bits per heavy atom. The average molecular weight is 289 g/mol. The zero-order valence-electron chi connectivity index (χ0n) is 10.3. The number of carbonyl (C=O) groups is 1. The number of nitrogens with zero attached hydrogens (tertiary/aromatic N) is 1. The lowest BCUT2D eigenvalue weighted by Crippen LogP contribution is -2.10. The Balaban J connectivity index is 2.00. The second-order valence-electron chi connectivity index (χ2n) is 4.65. The van der Waals surface area contributed by atoms with Crippen LogP contribution in [0.1, 0.15) is 36.0 Å². The summed E-state index contributed by atoms with van der Waals surface area (Å²) in [4.78, 5) is 15.9. The number of anilines is 1. The zero-order chi connectivity index (χ0) is 13.8. The predicted molar refractivity (Wildman–Crippen MR) is 70.0 cm³/mol. The van der Waals surface area contributed by atoms with E-state index < -0.39 is 6.43 Å². The van der Waals surface area contributed by atoms with Gasteiger partial charge in [-0.25, -0.2) is 13.8 Å². The first-order valence-electron chi connectivity index (χ1n) is 6.29. The second kappa shape index (κ2) is 6.28. The third-order valence-corrected chi connectivity index (χ3v) is 3.21. The van der Waals surface area contributed by atoms with Gasteiger partial charge in [0, 0.05) is 30.8 Å². The van der Waals surface area contributed by atoms with Crippen molar-refractivity contribution in [3.05, 3.63) is 23.0 Å². The Bertz CT molecular complexity index is 464. The van der Waals surface area contributed by atoms with Crippen LogP contribution in [0.3, 0.4) is 0 Å². The molecule has 2 rings (SSSR count). The van der Waals surface area contributed by atoms with Crippen molar-refractivity contribution in [2.45, 2.75) is 32.1 Å². The number of rotatable bonds is 7. The molecule has 1 aromatic heterocycles. The Kier molecular flexibility index (Phi) is 4.69. The van der Waals surface area contributed by atoms with Crippen molar-refractivity contribution >= 4 is 23.1 Å². The van der Waals surface area contributed by atoms with E-state index in [1.807, 2.05) is 0 Å². The number of carbonyl (C=O) groups excluding carboxylic acids is 1. The molecular formula is C13H15ClF2N2O. The van der Waals surface area contributed by atoms with Gasteiger partial charge in [0.2, 0.25) is 6.43 Å². The number of ketones is 1. The molecule has 3 nitrogen and oxygen atoms in total. The molecule has 0 unspecified atom stereocenters. The van der Waals surface area contributed by atoms with Crippen molar-refractivity contribution in [1.29, 1.82) is 0 Å². The summed E-state index contributed by atoms with van der Waals surface area (Å²) in [5.41, 5.74) is 1.09. The van der Waals surface area contributed by atoms with Crippen LogP contribution >= 0.6 is 11.6 Å². The van der Waals surface area contributed by atoms with Gasteiger partial charge < -0.3 is 5.32 Å². The molecule has 104 valence electrons. The van der Waals surface area contributed by atoms with Gasteiger partial charge in [-0.15, -0.1) is 0 Å². The topological polar surface area (TPSA) is 42.0 Å². The highest BCUT2D eigenvalue weighted by molar-refractivity contribution is 6.29. The quantitative estimate of drug-likeness (QED) is 0.471. The Hall–Kier alpha value is -1.23. The van der Waals surface area contributed by atoms with E-state index in [1.54, 1.807) is 6.07 Å². The first-order chi connectivity index (χ1) is 9.08. The molecule has 1 aliphatic rings. The van der Waals surface area contributed by atoms with Gasteiger partial charge in [0.1, 0.15) is 5.15 Å². The van der Waals surface area contributed by atoms with Crippen molar-refractivity contribution in [3.8, 4) is 0 Å². The van der Waals surface area contributed by atoms with E-state index >= 15 is 0 Å². The van der Waals surface area contributed by atoms with E-state index in [-0.39, 0.29) is 23.3 Å². The molecular weight excluding hydrogens is 274 g/mol. The number of hydrogen-bond donors (Lipinski definition) is 1. The lowest BCUT2D eigenvalue weighted by Gasteiger charge is -2.11. The maximum atomic E-state index is 12.0. The first kappa shape index (κ1) is 14.2. The molecule has 1 aliphatic carbocycles. The van der Waals surface area contributed by atoms with E-state index in [1.165, 1.54) is 6.20 Å². The average Bonchev–Trinajstić information content (AvgIpc) is 3.18. The molecule has 1 fully saturated rings. The summed E-state index contributed by atoms with van der Waals surface area (Å²) in [7, 11) is 0. The molecule has 1 aromatic rings. The molecule has 1 N–H and O–H groups in total. The molecule has 1 heterocycles. The maximum Gasteiger partial charge on any atom is 0.238 e. The van der Waals surface area contributed by atoms with Crippen LogP contribution in [0.2, 0.25) is 5.15 Å². The molecule has 0 radical (unpaired) electrons. The number of pyridine rings is 1. The summed E-state index contributed by atoms with van der Waals surface area (Å²) >= 11 is 5.80. The van der Waals surface area contributed by atoms with Gasteiger partial charge in [0.15, 0.2) is 5.78 Å². The summed E-state index contributed by atoms with van der Waals surface area (Å²) in [6, 6.07) is 1.57. The summed E-state index contributed by atoms with van der Waals surface area (Å²) < 4.78 is 24.1. The van der Waals surface area contributed by atoms with Crippen LogP contribution in [0.25, 0.3) is 0 Å². The highest BCUT2D eigenvalue weighted by Gasteiger charge is 2.32. The molecule has 0 spiro atoms. The highest BCUT2D eigenvalue weighted by atomic mass is 35.5.